The zero-order chi connectivity index (χ0) is 62.2. The van der Waals surface area contributed by atoms with Crippen molar-refractivity contribution < 1.29 is 74.5 Å². The predicted octanol–water partition coefficient (Wildman–Crippen LogP) is 5.80. The molecule has 25 heteroatoms. The third-order valence-corrected chi connectivity index (χ3v) is 14.2. The molecule has 1 saturated heterocycles. The SMILES string of the molecule is CCCCC(NC(=O)[C@H](Cc1ccccc1)NC(=O)CNC(=O)[C@@H](C)NC(=O)[C@@H](N)Cc1ccc(O)cc1)C(=O)N1CCC[C@H]1C(=O)N[C@@H](CC(C)C)C(=O)N[C@@H](Cc1c[nH]c2ccccc12)C(=O)OCc1cc(C(F)(F)F)cc(C(F)(F)F)c1. The molecule has 5 aromatic rings. The van der Waals surface area contributed by atoms with Gasteiger partial charge in [0.05, 0.1) is 23.7 Å². The van der Waals surface area contributed by atoms with Gasteiger partial charge in [-0.2, -0.15) is 26.3 Å². The molecule has 1 aromatic heterocycles. The number of phenolic OH excluding ortho intramolecular Hbond substituents is 1. The maximum atomic E-state index is 14.6. The number of hydrogen-bond acceptors (Lipinski definition) is 11. The van der Waals surface area contributed by atoms with E-state index in [9.17, 15) is 69.8 Å². The predicted molar refractivity (Wildman–Crippen MR) is 300 cm³/mol. The van der Waals surface area contributed by atoms with Gasteiger partial charge in [-0.3, -0.25) is 33.6 Å². The van der Waals surface area contributed by atoms with E-state index in [1.807, 2.05) is 6.92 Å². The molecule has 1 aliphatic heterocycles. The van der Waals surface area contributed by atoms with Gasteiger partial charge >= 0.3 is 18.3 Å². The van der Waals surface area contributed by atoms with E-state index in [1.165, 1.54) is 24.0 Å². The molecule has 1 unspecified atom stereocenters. The Labute approximate surface area is 486 Å². The number of nitrogens with one attached hydrogen (secondary N) is 7. The summed E-state index contributed by atoms with van der Waals surface area (Å²) in [4.78, 5) is 115. The quantitative estimate of drug-likeness (QED) is 0.0224. The summed E-state index contributed by atoms with van der Waals surface area (Å²) in [5.74, 6) is -6.59. The van der Waals surface area contributed by atoms with Crippen molar-refractivity contribution in [2.24, 2.45) is 11.7 Å². The first-order chi connectivity index (χ1) is 40.2. The number of H-pyrrole nitrogens is 1. The Morgan fingerprint density at radius 1 is 0.694 bits per heavy atom. The summed E-state index contributed by atoms with van der Waals surface area (Å²) >= 11 is 0. The Morgan fingerprint density at radius 3 is 1.96 bits per heavy atom. The average molecular weight is 1190 g/mol. The van der Waals surface area contributed by atoms with E-state index in [0.717, 1.165) is 0 Å². The lowest BCUT2D eigenvalue weighted by Gasteiger charge is -2.31. The van der Waals surface area contributed by atoms with Crippen LogP contribution < -0.4 is 37.6 Å². The van der Waals surface area contributed by atoms with Crippen molar-refractivity contribution in [1.82, 2.24) is 41.8 Å². The summed E-state index contributed by atoms with van der Waals surface area (Å²) in [5.41, 5.74) is 4.64. The molecule has 0 bridgehead atoms. The van der Waals surface area contributed by atoms with Crippen molar-refractivity contribution in [2.45, 2.75) is 147 Å². The van der Waals surface area contributed by atoms with Crippen molar-refractivity contribution in [1.29, 1.82) is 0 Å². The Hall–Kier alpha value is -8.48. The van der Waals surface area contributed by atoms with Crippen molar-refractivity contribution in [2.75, 3.05) is 13.1 Å². The van der Waals surface area contributed by atoms with E-state index < -0.39 is 132 Å². The summed E-state index contributed by atoms with van der Waals surface area (Å²) in [6, 6.07) is 13.7. The molecule has 7 atom stereocenters. The van der Waals surface area contributed by atoms with Gasteiger partial charge in [-0.1, -0.05) is 94.3 Å². The van der Waals surface area contributed by atoms with Crippen LogP contribution >= 0.6 is 0 Å². The van der Waals surface area contributed by atoms with Gasteiger partial charge in [0.1, 0.15) is 48.6 Å². The first-order valence-corrected chi connectivity index (χ1v) is 27.9. The standard InChI is InChI=1S/C60H71F6N9O10/c1-5-6-16-46(72-55(81)48(28-36-13-8-7-9-14-36)71-51(77)32-69-52(78)35(4)70-53(79)44(67)27-37-19-21-42(76)22-20-37)57(83)75-23-12-18-50(75)56(82)73-47(24-34(2)3)54(80)74-49(29-39-31-68-45-17-11-10-15-43(39)45)58(84)85-33-38-25-40(59(61,62)63)30-41(26-38)60(64,65)66/h7-11,13-15,17,19-22,25-26,30-31,34-35,44,46-50,68,76H,5-6,12,16,18,23-24,27-29,32-33,67H2,1-4H3,(H,69,78)(H,70,79)(H,71,77)(H,72,81)(H,73,82)(H,74,80)/t35-,44+,46?,47+,48+,49+,50+/m1/s1. The Morgan fingerprint density at radius 2 is 1.32 bits per heavy atom. The third kappa shape index (κ3) is 19.3. The number of phenols is 1. The molecule has 0 aliphatic carbocycles. The van der Waals surface area contributed by atoms with Crippen LogP contribution in [-0.4, -0.2) is 118 Å². The summed E-state index contributed by atoms with van der Waals surface area (Å²) in [6.07, 6.45) is -7.31. The van der Waals surface area contributed by atoms with Crippen LogP contribution in [0.3, 0.4) is 0 Å². The van der Waals surface area contributed by atoms with E-state index >= 15 is 0 Å². The number of rotatable bonds is 27. The van der Waals surface area contributed by atoms with Crippen LogP contribution in [0.1, 0.15) is 99.6 Å². The number of amides is 7. The molecule has 0 saturated carbocycles. The zero-order valence-electron chi connectivity index (χ0n) is 47.3. The van der Waals surface area contributed by atoms with Gasteiger partial charge in [0, 0.05) is 36.5 Å². The van der Waals surface area contributed by atoms with Crippen LogP contribution in [0.5, 0.6) is 5.75 Å². The number of nitrogens with two attached hydrogens (primary N) is 1. The number of esters is 1. The number of carbonyl (C=O) groups excluding carboxylic acids is 8. The minimum atomic E-state index is -5.17. The topological polar surface area (TPSA) is 283 Å². The number of fused-ring (bicyclic) bond motifs is 1. The number of nitrogens with zero attached hydrogens (tertiary/aromatic N) is 1. The van der Waals surface area contributed by atoms with Gasteiger partial charge in [0.25, 0.3) is 0 Å². The minimum Gasteiger partial charge on any atom is -0.508 e. The van der Waals surface area contributed by atoms with Crippen LogP contribution in [0.15, 0.2) is 103 Å². The van der Waals surface area contributed by atoms with E-state index in [-0.39, 0.29) is 62.8 Å². The van der Waals surface area contributed by atoms with E-state index in [2.05, 4.69) is 36.9 Å². The van der Waals surface area contributed by atoms with Crippen molar-refractivity contribution in [3.63, 3.8) is 0 Å². The van der Waals surface area contributed by atoms with Gasteiger partial charge in [0.15, 0.2) is 0 Å². The molecular formula is C60H71F6N9O10. The van der Waals surface area contributed by atoms with E-state index in [4.69, 9.17) is 10.5 Å². The fraction of sp³-hybridized carbons (Fsp3) is 0.433. The van der Waals surface area contributed by atoms with Crippen molar-refractivity contribution in [3.8, 4) is 5.75 Å². The first kappa shape index (κ1) is 65.7. The highest BCUT2D eigenvalue weighted by atomic mass is 19.4. The summed E-state index contributed by atoms with van der Waals surface area (Å²) in [6.45, 7) is 5.22. The first-order valence-electron chi connectivity index (χ1n) is 27.9. The molecule has 0 spiro atoms. The lowest BCUT2D eigenvalue weighted by Crippen LogP contribution is -2.59. The number of benzene rings is 4. The van der Waals surface area contributed by atoms with Gasteiger partial charge in [-0.25, -0.2) is 4.79 Å². The number of hydrogen-bond donors (Lipinski definition) is 9. The second-order valence-electron chi connectivity index (χ2n) is 21.5. The Balaban J connectivity index is 1.14. The number of alkyl halides is 6. The Kier molecular flexibility index (Phi) is 23.1. The number of aromatic amines is 1. The highest BCUT2D eigenvalue weighted by molar-refractivity contribution is 5.97. The number of carbonyl (C=O) groups is 8. The summed E-state index contributed by atoms with van der Waals surface area (Å²) in [7, 11) is 0. The number of ether oxygens (including phenoxy) is 1. The van der Waals surface area contributed by atoms with Crippen LogP contribution in [0, 0.1) is 5.92 Å². The fourth-order valence-electron chi connectivity index (χ4n) is 9.75. The van der Waals surface area contributed by atoms with Gasteiger partial charge in [-0.05, 0) is 104 Å². The third-order valence-electron chi connectivity index (χ3n) is 14.2. The average Bonchev–Trinajstić information content (AvgIpc) is 3.58. The number of halogens is 6. The number of aromatic nitrogens is 1. The van der Waals surface area contributed by atoms with Crippen LogP contribution in [0.4, 0.5) is 26.3 Å². The molecule has 4 aromatic carbocycles. The van der Waals surface area contributed by atoms with Crippen LogP contribution in [-0.2, 0) is 81.3 Å². The molecule has 6 rings (SSSR count). The summed E-state index contributed by atoms with van der Waals surface area (Å²) < 4.78 is 87.6. The van der Waals surface area contributed by atoms with Gasteiger partial charge in [-0.15, -0.1) is 0 Å². The molecule has 1 fully saturated rings. The van der Waals surface area contributed by atoms with Gasteiger partial charge in [0.2, 0.25) is 41.4 Å². The van der Waals surface area contributed by atoms with Crippen molar-refractivity contribution >= 4 is 58.2 Å². The molecule has 0 radical (unpaired) electrons. The number of likely N-dealkylation sites (tertiary alicyclic amines) is 1. The largest absolute Gasteiger partial charge is 0.508 e. The molecular weight excluding hydrogens is 1120 g/mol. The molecule has 458 valence electrons. The lowest BCUT2D eigenvalue weighted by atomic mass is 10.0. The fourth-order valence-corrected chi connectivity index (χ4v) is 9.75. The lowest BCUT2D eigenvalue weighted by molar-refractivity contribution is -0.149. The van der Waals surface area contributed by atoms with E-state index in [0.29, 0.717) is 59.0 Å². The molecule has 2 heterocycles. The monoisotopic (exact) mass is 1190 g/mol. The number of unbranched alkanes of at least 4 members (excludes halogenated alkanes) is 1. The van der Waals surface area contributed by atoms with Crippen LogP contribution in [0.25, 0.3) is 10.9 Å². The van der Waals surface area contributed by atoms with Crippen molar-refractivity contribution in [3.05, 3.63) is 137 Å². The summed E-state index contributed by atoms with van der Waals surface area (Å²) in [5, 5.41) is 25.9. The molecule has 19 nitrogen and oxygen atoms in total. The zero-order valence-corrected chi connectivity index (χ0v) is 47.3. The second-order valence-corrected chi connectivity index (χ2v) is 21.5. The van der Waals surface area contributed by atoms with Crippen LogP contribution in [0.2, 0.25) is 0 Å². The molecule has 10 N–H and O–H groups in total. The normalized spacial score (nSPS) is 15.6. The highest BCUT2D eigenvalue weighted by Gasteiger charge is 2.41. The molecule has 7 amide bonds. The highest BCUT2D eigenvalue weighted by Crippen LogP contribution is 2.37. The molecule has 85 heavy (non-hydrogen) atoms. The Bertz CT molecular complexity index is 3110. The van der Waals surface area contributed by atoms with E-state index in [1.54, 1.807) is 86.8 Å². The number of para-hydroxylation sites is 1. The smallest absolute Gasteiger partial charge is 0.416 e. The number of aromatic hydroxyl groups is 1. The maximum absolute atomic E-state index is 14.6. The van der Waals surface area contributed by atoms with Gasteiger partial charge < -0.3 is 57.4 Å². The second kappa shape index (κ2) is 29.9. The maximum Gasteiger partial charge on any atom is 0.416 e. The minimum absolute atomic E-state index is 0.00174. The molecule has 1 aliphatic rings.